The molecule has 0 saturated heterocycles. The van der Waals surface area contributed by atoms with E-state index in [1.165, 1.54) is 0 Å². The Balaban J connectivity index is 2.07. The average Bonchev–Trinajstić information content (AvgIpc) is 2.91. The minimum atomic E-state index is 0.328. The van der Waals surface area contributed by atoms with E-state index in [4.69, 9.17) is 9.05 Å². The number of rotatable bonds is 5. The van der Waals surface area contributed by atoms with Gasteiger partial charge in [-0.25, -0.2) is 0 Å². The second kappa shape index (κ2) is 5.30. The molecule has 0 aliphatic rings. The molecule has 0 amide bonds. The number of nitrogens with zero attached hydrogens (tertiary/aromatic N) is 3. The second-order valence-electron chi connectivity index (χ2n) is 4.48. The number of aromatic nitrogens is 3. The van der Waals surface area contributed by atoms with Crippen molar-refractivity contribution in [2.24, 2.45) is 0 Å². The fourth-order valence-electron chi connectivity index (χ4n) is 1.73. The Bertz CT molecular complexity index is 498. The molecule has 0 spiro atoms. The minimum Gasteiger partial charge on any atom is -0.361 e. The van der Waals surface area contributed by atoms with Crippen molar-refractivity contribution in [2.75, 3.05) is 7.05 Å². The summed E-state index contributed by atoms with van der Waals surface area (Å²) in [7, 11) is 1.91. The van der Waals surface area contributed by atoms with Gasteiger partial charge in [-0.05, 0) is 27.8 Å². The van der Waals surface area contributed by atoms with Gasteiger partial charge < -0.3 is 14.4 Å². The van der Waals surface area contributed by atoms with Gasteiger partial charge in [0.05, 0.1) is 12.1 Å². The van der Waals surface area contributed by atoms with Crippen LogP contribution in [-0.2, 0) is 12.8 Å². The summed E-state index contributed by atoms with van der Waals surface area (Å²) in [5.74, 6) is 2.12. The third-order valence-corrected chi connectivity index (χ3v) is 3.00. The van der Waals surface area contributed by atoms with Crippen molar-refractivity contribution in [1.29, 1.82) is 0 Å². The summed E-state index contributed by atoms with van der Waals surface area (Å²) in [6.07, 6.45) is 1.32. The fourth-order valence-corrected chi connectivity index (χ4v) is 1.73. The molecule has 6 heteroatoms. The summed E-state index contributed by atoms with van der Waals surface area (Å²) in [6.45, 7) is 5.87. The van der Waals surface area contributed by atoms with Gasteiger partial charge in [-0.1, -0.05) is 10.3 Å². The quantitative estimate of drug-likeness (QED) is 0.864. The molecule has 0 fully saturated rings. The number of hydrogen-bond acceptors (Lipinski definition) is 6. The van der Waals surface area contributed by atoms with Crippen molar-refractivity contribution >= 4 is 0 Å². The van der Waals surface area contributed by atoms with E-state index in [-0.39, 0.29) is 0 Å². The number of aryl methyl sites for hydroxylation is 2. The minimum absolute atomic E-state index is 0.328. The second-order valence-corrected chi connectivity index (χ2v) is 4.48. The molecule has 1 atom stereocenters. The average molecular weight is 250 g/mol. The van der Waals surface area contributed by atoms with E-state index in [1.54, 1.807) is 0 Å². The molecule has 2 heterocycles. The lowest BCUT2D eigenvalue weighted by Gasteiger charge is -2.04. The zero-order valence-electron chi connectivity index (χ0n) is 11.1. The molecule has 0 aromatic carbocycles. The Hall–Kier alpha value is -1.69. The molecule has 0 saturated carbocycles. The maximum absolute atomic E-state index is 5.24. The van der Waals surface area contributed by atoms with Crippen LogP contribution in [0.25, 0.3) is 0 Å². The molecule has 98 valence electrons. The summed E-state index contributed by atoms with van der Waals surface area (Å²) in [4.78, 5) is 4.37. The third kappa shape index (κ3) is 2.76. The van der Waals surface area contributed by atoms with E-state index in [0.717, 1.165) is 29.3 Å². The van der Waals surface area contributed by atoms with Crippen molar-refractivity contribution in [2.45, 2.75) is 39.7 Å². The van der Waals surface area contributed by atoms with Gasteiger partial charge >= 0.3 is 0 Å². The van der Waals surface area contributed by atoms with Crippen molar-refractivity contribution in [3.05, 3.63) is 28.7 Å². The first-order chi connectivity index (χ1) is 8.60. The van der Waals surface area contributed by atoms with Gasteiger partial charge in [0, 0.05) is 18.0 Å². The van der Waals surface area contributed by atoms with Crippen LogP contribution < -0.4 is 5.32 Å². The molecular weight excluding hydrogens is 232 g/mol. The van der Waals surface area contributed by atoms with Crippen LogP contribution in [0.5, 0.6) is 0 Å². The number of hydrogen-bond donors (Lipinski definition) is 1. The smallest absolute Gasteiger partial charge is 0.231 e. The lowest BCUT2D eigenvalue weighted by atomic mass is 10.1. The maximum Gasteiger partial charge on any atom is 0.231 e. The van der Waals surface area contributed by atoms with Gasteiger partial charge in [0.1, 0.15) is 5.76 Å². The largest absolute Gasteiger partial charge is 0.361 e. The summed E-state index contributed by atoms with van der Waals surface area (Å²) in [5, 5.41) is 11.0. The SMILES string of the molecule is CNC(C)Cc1noc(Cc2c(C)noc2C)n1. The van der Waals surface area contributed by atoms with E-state index < -0.39 is 0 Å². The van der Waals surface area contributed by atoms with Crippen LogP contribution in [-0.4, -0.2) is 28.4 Å². The molecule has 1 N–H and O–H groups in total. The fraction of sp³-hybridized carbons (Fsp3) is 0.583. The summed E-state index contributed by atoms with van der Waals surface area (Å²) in [6, 6.07) is 0.328. The highest BCUT2D eigenvalue weighted by atomic mass is 16.5. The van der Waals surface area contributed by atoms with E-state index >= 15 is 0 Å². The number of nitrogens with one attached hydrogen (secondary N) is 1. The van der Waals surface area contributed by atoms with Crippen LogP contribution in [0.1, 0.15) is 35.7 Å². The van der Waals surface area contributed by atoms with E-state index in [0.29, 0.717) is 18.4 Å². The first-order valence-electron chi connectivity index (χ1n) is 6.00. The molecule has 2 aromatic rings. The van der Waals surface area contributed by atoms with E-state index in [9.17, 15) is 0 Å². The first-order valence-corrected chi connectivity index (χ1v) is 6.00. The summed E-state index contributed by atoms with van der Waals surface area (Å²) >= 11 is 0. The van der Waals surface area contributed by atoms with Gasteiger partial charge in [0.25, 0.3) is 0 Å². The highest BCUT2D eigenvalue weighted by Gasteiger charge is 2.15. The maximum atomic E-state index is 5.24. The van der Waals surface area contributed by atoms with Gasteiger partial charge in [0.15, 0.2) is 5.82 Å². The normalized spacial score (nSPS) is 12.9. The van der Waals surface area contributed by atoms with Gasteiger partial charge in [-0.2, -0.15) is 4.98 Å². The standard InChI is InChI=1S/C12H18N4O2/c1-7(13-4)5-11-14-12(18-16-11)6-10-8(2)15-17-9(10)3/h7,13H,5-6H2,1-4H3. The lowest BCUT2D eigenvalue weighted by molar-refractivity contribution is 0.374. The highest BCUT2D eigenvalue weighted by molar-refractivity contribution is 5.23. The van der Waals surface area contributed by atoms with Crippen LogP contribution in [0.4, 0.5) is 0 Å². The van der Waals surface area contributed by atoms with Gasteiger partial charge in [-0.15, -0.1) is 0 Å². The van der Waals surface area contributed by atoms with E-state index in [1.807, 2.05) is 20.9 Å². The first kappa shape index (κ1) is 12.8. The van der Waals surface area contributed by atoms with Crippen LogP contribution in [0.3, 0.4) is 0 Å². The van der Waals surface area contributed by atoms with Crippen molar-refractivity contribution in [1.82, 2.24) is 20.6 Å². The molecule has 18 heavy (non-hydrogen) atoms. The van der Waals surface area contributed by atoms with Crippen LogP contribution in [0.15, 0.2) is 9.05 Å². The zero-order chi connectivity index (χ0) is 13.1. The topological polar surface area (TPSA) is 77.0 Å². The van der Waals surface area contributed by atoms with Crippen molar-refractivity contribution in [3.63, 3.8) is 0 Å². The van der Waals surface area contributed by atoms with Gasteiger partial charge in [0.2, 0.25) is 5.89 Å². The Morgan fingerprint density at radius 1 is 1.22 bits per heavy atom. The zero-order valence-corrected chi connectivity index (χ0v) is 11.1. The van der Waals surface area contributed by atoms with E-state index in [2.05, 4.69) is 27.5 Å². The molecule has 2 rings (SSSR count). The van der Waals surface area contributed by atoms with Crippen LogP contribution in [0.2, 0.25) is 0 Å². The Kier molecular flexibility index (Phi) is 3.76. The third-order valence-electron chi connectivity index (χ3n) is 3.00. The van der Waals surface area contributed by atoms with Crippen molar-refractivity contribution < 1.29 is 9.05 Å². The Morgan fingerprint density at radius 3 is 2.61 bits per heavy atom. The molecule has 2 aromatic heterocycles. The molecule has 0 radical (unpaired) electrons. The molecule has 6 nitrogen and oxygen atoms in total. The predicted molar refractivity (Wildman–Crippen MR) is 65.3 cm³/mol. The number of likely N-dealkylation sites (N-methyl/N-ethyl adjacent to an activating group) is 1. The monoisotopic (exact) mass is 250 g/mol. The van der Waals surface area contributed by atoms with Gasteiger partial charge in [-0.3, -0.25) is 0 Å². The lowest BCUT2D eigenvalue weighted by Crippen LogP contribution is -2.24. The summed E-state index contributed by atoms with van der Waals surface area (Å²) in [5.41, 5.74) is 1.89. The molecular formula is C12H18N4O2. The molecule has 0 bridgehead atoms. The Labute approximate surface area is 106 Å². The predicted octanol–water partition coefficient (Wildman–Crippen LogP) is 1.42. The highest BCUT2D eigenvalue weighted by Crippen LogP contribution is 2.16. The Morgan fingerprint density at radius 2 is 2.00 bits per heavy atom. The van der Waals surface area contributed by atoms with Crippen molar-refractivity contribution in [3.8, 4) is 0 Å². The van der Waals surface area contributed by atoms with Crippen LogP contribution in [0, 0.1) is 13.8 Å². The molecule has 0 aliphatic carbocycles. The molecule has 1 unspecified atom stereocenters. The van der Waals surface area contributed by atoms with Crippen LogP contribution >= 0.6 is 0 Å². The summed E-state index contributed by atoms with van der Waals surface area (Å²) < 4.78 is 10.3. The molecule has 0 aliphatic heterocycles.